The average Bonchev–Trinajstić information content (AvgIpc) is 3.12. The number of urea groups is 1. The Morgan fingerprint density at radius 1 is 1.16 bits per heavy atom. The van der Waals surface area contributed by atoms with Gasteiger partial charge in [-0.05, 0) is 55.2 Å². The Bertz CT molecular complexity index is 760. The molecule has 1 fully saturated rings. The summed E-state index contributed by atoms with van der Waals surface area (Å²) in [4.78, 5) is 14.7. The topological polar surface area (TPSA) is 50.8 Å². The third kappa shape index (κ3) is 3.71. The van der Waals surface area contributed by atoms with Crippen molar-refractivity contribution in [1.29, 1.82) is 0 Å². The second kappa shape index (κ2) is 7.47. The molecule has 5 nitrogen and oxygen atoms in total. The number of hydrogen-bond donors (Lipinski definition) is 1. The van der Waals surface area contributed by atoms with Crippen molar-refractivity contribution in [2.75, 3.05) is 26.1 Å². The quantitative estimate of drug-likeness (QED) is 0.898. The van der Waals surface area contributed by atoms with Crippen molar-refractivity contribution in [2.24, 2.45) is 0 Å². The Balaban J connectivity index is 1.80. The number of nitrogens with zero attached hydrogens (tertiary/aromatic N) is 1. The lowest BCUT2D eigenvalue weighted by Crippen LogP contribution is -2.34. The number of benzene rings is 2. The Labute approximate surface area is 148 Å². The number of rotatable bonds is 4. The number of amides is 2. The van der Waals surface area contributed by atoms with Crippen molar-refractivity contribution in [3.63, 3.8) is 0 Å². The van der Waals surface area contributed by atoms with Crippen LogP contribution >= 0.6 is 0 Å². The van der Waals surface area contributed by atoms with Crippen LogP contribution in [0, 0.1) is 6.92 Å². The zero-order valence-corrected chi connectivity index (χ0v) is 14.9. The third-order valence-electron chi connectivity index (χ3n) is 4.59. The number of carbonyl (C=O) groups excluding carboxylic acids is 1. The maximum absolute atomic E-state index is 12.9. The van der Waals surface area contributed by atoms with E-state index < -0.39 is 0 Å². The summed E-state index contributed by atoms with van der Waals surface area (Å²) in [6.07, 6.45) is 1.94. The lowest BCUT2D eigenvalue weighted by molar-refractivity contribution is 0.207. The number of hydrogen-bond acceptors (Lipinski definition) is 3. The van der Waals surface area contributed by atoms with Crippen LogP contribution in [0.3, 0.4) is 0 Å². The fraction of sp³-hybridized carbons (Fsp3) is 0.350. The van der Waals surface area contributed by atoms with Gasteiger partial charge in [0.15, 0.2) is 0 Å². The van der Waals surface area contributed by atoms with E-state index in [9.17, 15) is 4.79 Å². The molecule has 1 heterocycles. The predicted octanol–water partition coefficient (Wildman–Crippen LogP) is 4.38. The minimum absolute atomic E-state index is 0.0610. The fourth-order valence-electron chi connectivity index (χ4n) is 3.31. The Morgan fingerprint density at radius 2 is 2.00 bits per heavy atom. The van der Waals surface area contributed by atoms with Crippen LogP contribution in [-0.4, -0.2) is 31.7 Å². The SMILES string of the molecule is COc1cccc(C2CCCN2C(=O)Nc2cc(C)ccc2OC)c1. The third-order valence-corrected chi connectivity index (χ3v) is 4.59. The zero-order valence-electron chi connectivity index (χ0n) is 14.9. The molecule has 0 radical (unpaired) electrons. The summed E-state index contributed by atoms with van der Waals surface area (Å²) in [6.45, 7) is 2.73. The Morgan fingerprint density at radius 3 is 2.76 bits per heavy atom. The largest absolute Gasteiger partial charge is 0.497 e. The van der Waals surface area contributed by atoms with Crippen LogP contribution < -0.4 is 14.8 Å². The highest BCUT2D eigenvalue weighted by atomic mass is 16.5. The van der Waals surface area contributed by atoms with Crippen LogP contribution in [0.2, 0.25) is 0 Å². The van der Waals surface area contributed by atoms with Gasteiger partial charge < -0.3 is 19.7 Å². The van der Waals surface area contributed by atoms with Gasteiger partial charge in [0.05, 0.1) is 25.9 Å². The molecule has 2 aromatic carbocycles. The summed E-state index contributed by atoms with van der Waals surface area (Å²) in [7, 11) is 3.26. The van der Waals surface area contributed by atoms with Gasteiger partial charge in [-0.3, -0.25) is 0 Å². The van der Waals surface area contributed by atoms with Gasteiger partial charge >= 0.3 is 6.03 Å². The molecule has 25 heavy (non-hydrogen) atoms. The first-order valence-electron chi connectivity index (χ1n) is 8.48. The van der Waals surface area contributed by atoms with E-state index in [2.05, 4.69) is 5.32 Å². The first kappa shape index (κ1) is 17.1. The van der Waals surface area contributed by atoms with E-state index in [1.807, 2.05) is 54.3 Å². The van der Waals surface area contributed by atoms with E-state index >= 15 is 0 Å². The lowest BCUT2D eigenvalue weighted by Gasteiger charge is -2.26. The minimum Gasteiger partial charge on any atom is -0.497 e. The molecular weight excluding hydrogens is 316 g/mol. The van der Waals surface area contributed by atoms with E-state index in [0.717, 1.165) is 36.3 Å². The second-order valence-electron chi connectivity index (χ2n) is 6.26. The van der Waals surface area contributed by atoms with Crippen LogP contribution in [0.5, 0.6) is 11.5 Å². The summed E-state index contributed by atoms with van der Waals surface area (Å²) in [5, 5.41) is 3.00. The normalized spacial score (nSPS) is 16.6. The molecule has 5 heteroatoms. The molecular formula is C20H24N2O3. The minimum atomic E-state index is -0.103. The van der Waals surface area contributed by atoms with Crippen LogP contribution in [0.15, 0.2) is 42.5 Å². The summed E-state index contributed by atoms with van der Waals surface area (Å²) in [5.74, 6) is 1.47. The van der Waals surface area contributed by atoms with Crippen LogP contribution in [0.1, 0.15) is 30.0 Å². The molecule has 1 atom stereocenters. The van der Waals surface area contributed by atoms with E-state index in [-0.39, 0.29) is 12.1 Å². The fourth-order valence-corrected chi connectivity index (χ4v) is 3.31. The maximum atomic E-state index is 12.9. The molecule has 3 rings (SSSR count). The summed E-state index contributed by atoms with van der Waals surface area (Å²) in [5.41, 5.74) is 2.87. The zero-order chi connectivity index (χ0) is 17.8. The maximum Gasteiger partial charge on any atom is 0.322 e. The molecule has 0 aromatic heterocycles. The van der Waals surface area contributed by atoms with Gasteiger partial charge in [-0.2, -0.15) is 0 Å². The predicted molar refractivity (Wildman–Crippen MR) is 98.4 cm³/mol. The molecule has 1 saturated heterocycles. The highest BCUT2D eigenvalue weighted by Crippen LogP contribution is 2.34. The molecule has 0 saturated carbocycles. The monoisotopic (exact) mass is 340 g/mol. The van der Waals surface area contributed by atoms with Crippen molar-refractivity contribution in [3.05, 3.63) is 53.6 Å². The van der Waals surface area contributed by atoms with Gasteiger partial charge in [-0.15, -0.1) is 0 Å². The molecule has 1 unspecified atom stereocenters. The highest BCUT2D eigenvalue weighted by molar-refractivity contribution is 5.91. The Kier molecular flexibility index (Phi) is 5.12. The van der Waals surface area contributed by atoms with Crippen LogP contribution in [0.4, 0.5) is 10.5 Å². The number of aryl methyl sites for hydroxylation is 1. The highest BCUT2D eigenvalue weighted by Gasteiger charge is 2.30. The van der Waals surface area contributed by atoms with E-state index in [1.165, 1.54) is 0 Å². The van der Waals surface area contributed by atoms with Gasteiger partial charge in [-0.25, -0.2) is 4.79 Å². The molecule has 2 amide bonds. The van der Waals surface area contributed by atoms with Crippen molar-refractivity contribution in [1.82, 2.24) is 4.90 Å². The number of carbonyl (C=O) groups is 1. The molecule has 132 valence electrons. The van der Waals surface area contributed by atoms with Crippen molar-refractivity contribution >= 4 is 11.7 Å². The van der Waals surface area contributed by atoms with Crippen LogP contribution in [-0.2, 0) is 0 Å². The summed E-state index contributed by atoms with van der Waals surface area (Å²) < 4.78 is 10.7. The van der Waals surface area contributed by atoms with Crippen LogP contribution in [0.25, 0.3) is 0 Å². The van der Waals surface area contributed by atoms with Crippen molar-refractivity contribution in [2.45, 2.75) is 25.8 Å². The van der Waals surface area contributed by atoms with Crippen molar-refractivity contribution in [3.8, 4) is 11.5 Å². The molecule has 0 aliphatic carbocycles. The van der Waals surface area contributed by atoms with Gasteiger partial charge in [0.25, 0.3) is 0 Å². The molecule has 2 aromatic rings. The molecule has 1 aliphatic heterocycles. The van der Waals surface area contributed by atoms with Crippen molar-refractivity contribution < 1.29 is 14.3 Å². The first-order chi connectivity index (χ1) is 12.1. The van der Waals surface area contributed by atoms with Gasteiger partial charge in [0.2, 0.25) is 0 Å². The number of ether oxygens (including phenoxy) is 2. The summed E-state index contributed by atoms with van der Waals surface area (Å²) >= 11 is 0. The number of methoxy groups -OCH3 is 2. The number of likely N-dealkylation sites (tertiary alicyclic amines) is 1. The molecule has 1 N–H and O–H groups in total. The van der Waals surface area contributed by atoms with Gasteiger partial charge in [0.1, 0.15) is 11.5 Å². The number of anilines is 1. The molecule has 0 spiro atoms. The van der Waals surface area contributed by atoms with Gasteiger partial charge in [-0.1, -0.05) is 18.2 Å². The van der Waals surface area contributed by atoms with E-state index in [4.69, 9.17) is 9.47 Å². The summed E-state index contributed by atoms with van der Waals surface area (Å²) in [6, 6.07) is 13.6. The molecule has 1 aliphatic rings. The smallest absolute Gasteiger partial charge is 0.322 e. The van der Waals surface area contributed by atoms with Gasteiger partial charge in [0, 0.05) is 6.54 Å². The van der Waals surface area contributed by atoms with E-state index in [0.29, 0.717) is 11.4 Å². The number of nitrogens with one attached hydrogen (secondary N) is 1. The average molecular weight is 340 g/mol. The standard InChI is InChI=1S/C20H24N2O3/c1-14-9-10-19(25-3)17(12-14)21-20(23)22-11-5-8-18(22)15-6-4-7-16(13-15)24-2/h4,6-7,9-10,12-13,18H,5,8,11H2,1-3H3,(H,21,23). The molecule has 0 bridgehead atoms. The first-order valence-corrected chi connectivity index (χ1v) is 8.48. The van der Waals surface area contributed by atoms with E-state index in [1.54, 1.807) is 14.2 Å². The lowest BCUT2D eigenvalue weighted by atomic mass is 10.0. The Hall–Kier alpha value is -2.69. The second-order valence-corrected chi connectivity index (χ2v) is 6.26.